The molecule has 1 aromatic heterocycles. The summed E-state index contributed by atoms with van der Waals surface area (Å²) in [5, 5.41) is 7.47. The molecule has 0 saturated heterocycles. The summed E-state index contributed by atoms with van der Waals surface area (Å²) in [6, 6.07) is 13.1. The van der Waals surface area contributed by atoms with Gasteiger partial charge in [-0.3, -0.25) is 9.59 Å². The van der Waals surface area contributed by atoms with E-state index in [0.29, 0.717) is 17.3 Å². The van der Waals surface area contributed by atoms with Crippen LogP contribution in [0.4, 0.5) is 10.2 Å². The molecule has 8 heteroatoms. The Morgan fingerprint density at radius 1 is 1.24 bits per heavy atom. The number of aromatic nitrogens is 2. The highest BCUT2D eigenvalue weighted by Crippen LogP contribution is 2.40. The molecule has 0 unspecified atom stereocenters. The van der Waals surface area contributed by atoms with E-state index < -0.39 is 5.91 Å². The van der Waals surface area contributed by atoms with Crippen LogP contribution in [0.15, 0.2) is 48.5 Å². The molecule has 7 nitrogen and oxygen atoms in total. The van der Waals surface area contributed by atoms with Gasteiger partial charge in [0.1, 0.15) is 17.4 Å². The molecule has 0 fully saturated rings. The van der Waals surface area contributed by atoms with Crippen LogP contribution in [0.5, 0.6) is 5.75 Å². The van der Waals surface area contributed by atoms with Gasteiger partial charge in [0, 0.05) is 17.9 Å². The number of amides is 2. The van der Waals surface area contributed by atoms with E-state index in [9.17, 15) is 14.0 Å². The zero-order valence-electron chi connectivity index (χ0n) is 15.7. The highest BCUT2D eigenvalue weighted by molar-refractivity contribution is 5.95. The number of halogens is 1. The van der Waals surface area contributed by atoms with Crippen molar-refractivity contribution in [2.45, 2.75) is 19.3 Å². The summed E-state index contributed by atoms with van der Waals surface area (Å²) in [6.07, 6.45) is 0.282. The third-order valence-electron chi connectivity index (χ3n) is 4.84. The van der Waals surface area contributed by atoms with E-state index in [-0.39, 0.29) is 30.7 Å². The van der Waals surface area contributed by atoms with Gasteiger partial charge in [0.25, 0.3) is 5.91 Å². The number of hydrogen-bond acceptors (Lipinski definition) is 4. The zero-order valence-corrected chi connectivity index (χ0v) is 15.7. The predicted octanol–water partition coefficient (Wildman–Crippen LogP) is 2.66. The normalized spacial score (nSPS) is 15.5. The van der Waals surface area contributed by atoms with Crippen LogP contribution in [0.2, 0.25) is 0 Å². The molecule has 0 saturated carbocycles. The van der Waals surface area contributed by atoms with Crippen LogP contribution in [0, 0.1) is 12.7 Å². The van der Waals surface area contributed by atoms with Crippen molar-refractivity contribution in [1.29, 1.82) is 0 Å². The Hall–Kier alpha value is -3.68. The summed E-state index contributed by atoms with van der Waals surface area (Å²) in [5.74, 6) is -0.0901. The van der Waals surface area contributed by atoms with Gasteiger partial charge in [-0.1, -0.05) is 12.1 Å². The Balaban J connectivity index is 1.70. The second kappa shape index (κ2) is 7.38. The molecule has 0 bridgehead atoms. The van der Waals surface area contributed by atoms with Crippen LogP contribution in [0.25, 0.3) is 5.69 Å². The predicted molar refractivity (Wildman–Crippen MR) is 104 cm³/mol. The summed E-state index contributed by atoms with van der Waals surface area (Å²) >= 11 is 0. The lowest BCUT2D eigenvalue weighted by atomic mass is 9.86. The van der Waals surface area contributed by atoms with Crippen LogP contribution in [0.1, 0.15) is 29.2 Å². The average molecular weight is 394 g/mol. The fraction of sp³-hybridized carbons (Fsp3) is 0.190. The van der Waals surface area contributed by atoms with Gasteiger partial charge in [-0.05, 0) is 48.9 Å². The minimum atomic E-state index is -0.550. The Bertz CT molecular complexity index is 1070. The smallest absolute Gasteiger partial charge is 0.255 e. The molecule has 0 radical (unpaired) electrons. The van der Waals surface area contributed by atoms with E-state index in [1.165, 1.54) is 12.1 Å². The first-order valence-electron chi connectivity index (χ1n) is 9.08. The van der Waals surface area contributed by atoms with Gasteiger partial charge in [-0.2, -0.15) is 5.10 Å². The number of ether oxygens (including phenoxy) is 1. The van der Waals surface area contributed by atoms with Crippen LogP contribution >= 0.6 is 0 Å². The van der Waals surface area contributed by atoms with E-state index in [0.717, 1.165) is 16.8 Å². The maximum absolute atomic E-state index is 13.3. The van der Waals surface area contributed by atoms with Crippen molar-refractivity contribution in [3.05, 3.63) is 71.2 Å². The number of anilines is 1. The van der Waals surface area contributed by atoms with Crippen LogP contribution in [0.3, 0.4) is 0 Å². The molecule has 4 rings (SSSR count). The SMILES string of the molecule is Cc1nn(-c2ccc(F)cc2)c2c1[C@H](c1ccc(OCC(N)=O)cc1)CC(=O)N2. The van der Waals surface area contributed by atoms with Crippen molar-refractivity contribution in [2.75, 3.05) is 11.9 Å². The van der Waals surface area contributed by atoms with Crippen molar-refractivity contribution in [2.24, 2.45) is 5.73 Å². The number of nitrogens with two attached hydrogens (primary N) is 1. The maximum Gasteiger partial charge on any atom is 0.255 e. The Kier molecular flexibility index (Phi) is 4.75. The first-order chi connectivity index (χ1) is 13.9. The van der Waals surface area contributed by atoms with Gasteiger partial charge in [0.15, 0.2) is 6.61 Å². The number of hydrogen-bond donors (Lipinski definition) is 2. The molecule has 1 aliphatic rings. The Morgan fingerprint density at radius 3 is 2.59 bits per heavy atom. The molecule has 3 aromatic rings. The number of nitrogens with one attached hydrogen (secondary N) is 1. The molecule has 29 heavy (non-hydrogen) atoms. The highest BCUT2D eigenvalue weighted by Gasteiger charge is 2.32. The molecule has 2 aromatic carbocycles. The van der Waals surface area contributed by atoms with E-state index in [2.05, 4.69) is 10.4 Å². The van der Waals surface area contributed by atoms with E-state index in [1.54, 1.807) is 28.9 Å². The average Bonchev–Trinajstić information content (AvgIpc) is 3.03. The van der Waals surface area contributed by atoms with Gasteiger partial charge < -0.3 is 15.8 Å². The highest BCUT2D eigenvalue weighted by atomic mass is 19.1. The number of rotatable bonds is 5. The summed E-state index contributed by atoms with van der Waals surface area (Å²) in [6.45, 7) is 1.69. The minimum Gasteiger partial charge on any atom is -0.484 e. The van der Waals surface area contributed by atoms with Crippen molar-refractivity contribution >= 4 is 17.6 Å². The fourth-order valence-electron chi connectivity index (χ4n) is 3.55. The lowest BCUT2D eigenvalue weighted by Gasteiger charge is -2.24. The lowest BCUT2D eigenvalue weighted by Crippen LogP contribution is -2.25. The quantitative estimate of drug-likeness (QED) is 0.695. The van der Waals surface area contributed by atoms with Crippen molar-refractivity contribution in [1.82, 2.24) is 9.78 Å². The maximum atomic E-state index is 13.3. The number of benzene rings is 2. The minimum absolute atomic E-state index is 0.125. The Morgan fingerprint density at radius 2 is 1.93 bits per heavy atom. The van der Waals surface area contributed by atoms with E-state index in [1.807, 2.05) is 19.1 Å². The first-order valence-corrected chi connectivity index (χ1v) is 9.08. The molecule has 148 valence electrons. The van der Waals surface area contributed by atoms with Gasteiger partial charge in [-0.15, -0.1) is 0 Å². The molecule has 1 atom stereocenters. The number of primary amides is 1. The summed E-state index contributed by atoms with van der Waals surface area (Å²) in [5.41, 5.74) is 8.37. The standard InChI is InChI=1S/C21H19FN4O3/c1-12-20-17(13-2-8-16(9-3-13)29-11-18(23)27)10-19(28)24-21(20)26(25-12)15-6-4-14(22)5-7-15/h2-9,17H,10-11H2,1H3,(H2,23,27)(H,24,28)/t17-/m0/s1. The largest absolute Gasteiger partial charge is 0.484 e. The summed E-state index contributed by atoms with van der Waals surface area (Å²) in [7, 11) is 0. The number of carbonyl (C=O) groups excluding carboxylic acids is 2. The third kappa shape index (κ3) is 3.69. The van der Waals surface area contributed by atoms with Gasteiger partial charge in [-0.25, -0.2) is 9.07 Å². The van der Waals surface area contributed by atoms with Crippen molar-refractivity contribution in [3.8, 4) is 11.4 Å². The molecular formula is C21H19FN4O3. The third-order valence-corrected chi connectivity index (χ3v) is 4.84. The van der Waals surface area contributed by atoms with Gasteiger partial charge >= 0.3 is 0 Å². The van der Waals surface area contributed by atoms with Gasteiger partial charge in [0.2, 0.25) is 5.91 Å². The van der Waals surface area contributed by atoms with Crippen LogP contribution in [-0.4, -0.2) is 28.2 Å². The zero-order chi connectivity index (χ0) is 20.5. The fourth-order valence-corrected chi connectivity index (χ4v) is 3.55. The Labute approximate surface area is 166 Å². The summed E-state index contributed by atoms with van der Waals surface area (Å²) < 4.78 is 20.2. The molecule has 1 aliphatic heterocycles. The number of nitrogens with zero attached hydrogens (tertiary/aromatic N) is 2. The number of fused-ring (bicyclic) bond motifs is 1. The summed E-state index contributed by atoms with van der Waals surface area (Å²) in [4.78, 5) is 23.3. The lowest BCUT2D eigenvalue weighted by molar-refractivity contribution is -0.120. The van der Waals surface area contributed by atoms with E-state index in [4.69, 9.17) is 10.5 Å². The topological polar surface area (TPSA) is 99.2 Å². The molecular weight excluding hydrogens is 375 g/mol. The molecule has 0 aliphatic carbocycles. The van der Waals surface area contributed by atoms with Gasteiger partial charge in [0.05, 0.1) is 11.4 Å². The molecule has 3 N–H and O–H groups in total. The van der Waals surface area contributed by atoms with Crippen LogP contribution < -0.4 is 15.8 Å². The monoisotopic (exact) mass is 394 g/mol. The van der Waals surface area contributed by atoms with Crippen LogP contribution in [-0.2, 0) is 9.59 Å². The van der Waals surface area contributed by atoms with Crippen molar-refractivity contribution < 1.29 is 18.7 Å². The molecule has 2 amide bonds. The first kappa shape index (κ1) is 18.7. The van der Waals surface area contributed by atoms with Crippen molar-refractivity contribution in [3.63, 3.8) is 0 Å². The van der Waals surface area contributed by atoms with E-state index >= 15 is 0 Å². The molecule has 0 spiro atoms. The second-order valence-electron chi connectivity index (χ2n) is 6.86. The number of aryl methyl sites for hydroxylation is 1. The second-order valence-corrected chi connectivity index (χ2v) is 6.86. The number of carbonyl (C=O) groups is 2. The molecule has 2 heterocycles.